The number of para-hydroxylation sites is 1. The third-order valence-corrected chi connectivity index (χ3v) is 12.9. The number of carbonyl (C=O) groups excluding carboxylic acids is 4. The molecule has 0 spiro atoms. The summed E-state index contributed by atoms with van der Waals surface area (Å²) in [4.78, 5) is 61.5. The highest BCUT2D eigenvalue weighted by atomic mass is 79.9. The predicted molar refractivity (Wildman–Crippen MR) is 212 cm³/mol. The van der Waals surface area contributed by atoms with Crippen molar-refractivity contribution in [2.24, 2.45) is 11.8 Å². The van der Waals surface area contributed by atoms with E-state index in [0.717, 1.165) is 70.1 Å². The van der Waals surface area contributed by atoms with Gasteiger partial charge in [0, 0.05) is 72.8 Å². The maximum absolute atomic E-state index is 14.3. The molecule has 13 heteroatoms. The minimum Gasteiger partial charge on any atom is -0.397 e. The van der Waals surface area contributed by atoms with Gasteiger partial charge in [-0.1, -0.05) is 36.4 Å². The largest absolute Gasteiger partial charge is 0.397 e. The van der Waals surface area contributed by atoms with Gasteiger partial charge in [-0.3, -0.25) is 14.5 Å². The van der Waals surface area contributed by atoms with Crippen LogP contribution >= 0.6 is 31.9 Å². The van der Waals surface area contributed by atoms with Gasteiger partial charge in [-0.25, -0.2) is 9.59 Å². The number of carbonyl (C=O) groups is 4. The summed E-state index contributed by atoms with van der Waals surface area (Å²) < 4.78 is 1.45. The summed E-state index contributed by atoms with van der Waals surface area (Å²) in [5, 5.41) is 6.09. The van der Waals surface area contributed by atoms with Crippen LogP contribution in [0.3, 0.4) is 0 Å². The molecule has 4 N–H and O–H groups in total. The fourth-order valence-electron chi connectivity index (χ4n) is 8.53. The number of amides is 6. The van der Waals surface area contributed by atoms with Crippen LogP contribution in [0.2, 0.25) is 0 Å². The second kappa shape index (κ2) is 16.5. The smallest absolute Gasteiger partial charge is 0.322 e. The first-order valence-corrected chi connectivity index (χ1v) is 20.3. The first kappa shape index (κ1) is 37.2. The second-order valence-corrected chi connectivity index (χ2v) is 16.4. The summed E-state index contributed by atoms with van der Waals surface area (Å²) in [6, 6.07) is 20.1. The Labute approximate surface area is 327 Å². The van der Waals surface area contributed by atoms with E-state index in [2.05, 4.69) is 42.5 Å². The van der Waals surface area contributed by atoms with E-state index < -0.39 is 6.04 Å². The van der Waals surface area contributed by atoms with Gasteiger partial charge in [-0.05, 0) is 124 Å². The minimum absolute atomic E-state index is 0.0275. The first-order valence-electron chi connectivity index (χ1n) is 18.7. The third kappa shape index (κ3) is 8.36. The molecule has 11 nitrogen and oxygen atoms in total. The summed E-state index contributed by atoms with van der Waals surface area (Å²) in [6.45, 7) is 4.25. The SMILES string of the molecule is Nc1c(Br)cc(C[C@@H](NC(=O)N2CCC(N3C(=O)NCc4ccccc43)CC2)C(=O)N2CCC(C3CCN(C(=O)c4ccccc4)CC3)CC2)cc1Br. The average molecular weight is 850 g/mol. The lowest BCUT2D eigenvalue weighted by molar-refractivity contribution is -0.135. The Hall–Kier alpha value is -4.10. The Kier molecular flexibility index (Phi) is 11.6. The fourth-order valence-corrected chi connectivity index (χ4v) is 9.81. The van der Waals surface area contributed by atoms with Crippen molar-refractivity contribution in [2.45, 2.75) is 63.6 Å². The highest BCUT2D eigenvalue weighted by Gasteiger charge is 2.37. The predicted octanol–water partition coefficient (Wildman–Crippen LogP) is 6.40. The van der Waals surface area contributed by atoms with E-state index in [0.29, 0.717) is 69.5 Å². The molecule has 4 aliphatic heterocycles. The molecule has 0 aromatic heterocycles. The van der Waals surface area contributed by atoms with E-state index in [-0.39, 0.29) is 29.9 Å². The van der Waals surface area contributed by atoms with Gasteiger partial charge >= 0.3 is 12.1 Å². The molecule has 53 heavy (non-hydrogen) atoms. The maximum Gasteiger partial charge on any atom is 0.322 e. The van der Waals surface area contributed by atoms with Crippen LogP contribution in [-0.4, -0.2) is 89.9 Å². The van der Waals surface area contributed by atoms with Gasteiger partial charge in [0.1, 0.15) is 6.04 Å². The molecule has 6 amide bonds. The zero-order chi connectivity index (χ0) is 37.1. The number of hydrogen-bond acceptors (Lipinski definition) is 5. The minimum atomic E-state index is -0.758. The van der Waals surface area contributed by atoms with Crippen LogP contribution < -0.4 is 21.3 Å². The number of rotatable bonds is 7. The van der Waals surface area contributed by atoms with Crippen molar-refractivity contribution in [3.05, 3.63) is 92.4 Å². The first-order chi connectivity index (χ1) is 25.7. The second-order valence-electron chi connectivity index (χ2n) is 14.7. The molecule has 0 bridgehead atoms. The quantitative estimate of drug-likeness (QED) is 0.237. The van der Waals surface area contributed by atoms with Gasteiger partial charge in [-0.2, -0.15) is 0 Å². The third-order valence-electron chi connectivity index (χ3n) is 11.6. The van der Waals surface area contributed by atoms with Crippen molar-refractivity contribution in [2.75, 3.05) is 49.9 Å². The highest BCUT2D eigenvalue weighted by Crippen LogP contribution is 2.35. The molecule has 1 atom stereocenters. The van der Waals surface area contributed by atoms with Crippen molar-refractivity contribution in [3.63, 3.8) is 0 Å². The molecule has 3 fully saturated rings. The summed E-state index contributed by atoms with van der Waals surface area (Å²) in [6.07, 6.45) is 5.35. The number of nitrogens with two attached hydrogens (primary N) is 1. The summed E-state index contributed by atoms with van der Waals surface area (Å²) in [5.41, 5.74) is 10.4. The van der Waals surface area contributed by atoms with E-state index in [1.807, 2.05) is 81.4 Å². The van der Waals surface area contributed by atoms with E-state index in [1.165, 1.54) is 0 Å². The van der Waals surface area contributed by atoms with Crippen LogP contribution in [0.25, 0.3) is 0 Å². The molecule has 3 aromatic rings. The number of benzene rings is 3. The van der Waals surface area contributed by atoms with Crippen LogP contribution in [0.1, 0.15) is 60.0 Å². The number of urea groups is 2. The molecular weight excluding hydrogens is 802 g/mol. The van der Waals surface area contributed by atoms with Gasteiger partial charge in [0.15, 0.2) is 0 Å². The summed E-state index contributed by atoms with van der Waals surface area (Å²) >= 11 is 7.07. The maximum atomic E-state index is 14.3. The van der Waals surface area contributed by atoms with Crippen molar-refractivity contribution >= 4 is 67.1 Å². The van der Waals surface area contributed by atoms with Crippen molar-refractivity contribution < 1.29 is 19.2 Å². The van der Waals surface area contributed by atoms with Gasteiger partial charge in [-0.15, -0.1) is 0 Å². The molecule has 0 unspecified atom stereocenters. The molecule has 0 aliphatic carbocycles. The number of nitrogens with one attached hydrogen (secondary N) is 2. The van der Waals surface area contributed by atoms with Crippen LogP contribution in [0, 0.1) is 11.8 Å². The lowest BCUT2D eigenvalue weighted by Gasteiger charge is -2.42. The van der Waals surface area contributed by atoms with Crippen LogP contribution in [0.15, 0.2) is 75.7 Å². The van der Waals surface area contributed by atoms with Gasteiger partial charge in [0.2, 0.25) is 5.91 Å². The van der Waals surface area contributed by atoms with Crippen LogP contribution in [0.5, 0.6) is 0 Å². The van der Waals surface area contributed by atoms with Gasteiger partial charge in [0.05, 0.1) is 11.4 Å². The van der Waals surface area contributed by atoms with E-state index in [1.54, 1.807) is 4.90 Å². The number of nitrogens with zero attached hydrogens (tertiary/aromatic N) is 4. The number of fused-ring (bicyclic) bond motifs is 1. The molecule has 280 valence electrons. The molecule has 4 aliphatic rings. The number of piperidine rings is 3. The number of halogens is 2. The normalized spacial score (nSPS) is 19.4. The zero-order valence-corrected chi connectivity index (χ0v) is 33.0. The van der Waals surface area contributed by atoms with Crippen molar-refractivity contribution in [3.8, 4) is 0 Å². The summed E-state index contributed by atoms with van der Waals surface area (Å²) in [7, 11) is 0. The highest BCUT2D eigenvalue weighted by molar-refractivity contribution is 9.11. The number of anilines is 2. The Morgan fingerprint density at radius 3 is 1.98 bits per heavy atom. The Morgan fingerprint density at radius 2 is 1.34 bits per heavy atom. The summed E-state index contributed by atoms with van der Waals surface area (Å²) in [5.74, 6) is 1.04. The van der Waals surface area contributed by atoms with Crippen LogP contribution in [0.4, 0.5) is 21.0 Å². The zero-order valence-electron chi connectivity index (χ0n) is 29.8. The van der Waals surface area contributed by atoms with E-state index >= 15 is 0 Å². The lowest BCUT2D eigenvalue weighted by atomic mass is 9.78. The van der Waals surface area contributed by atoms with E-state index in [4.69, 9.17) is 5.73 Å². The van der Waals surface area contributed by atoms with Crippen LogP contribution in [-0.2, 0) is 17.8 Å². The molecule has 4 heterocycles. The Morgan fingerprint density at radius 1 is 0.774 bits per heavy atom. The molecule has 3 aromatic carbocycles. The number of nitrogen functional groups attached to an aromatic ring is 1. The number of hydrogen-bond donors (Lipinski definition) is 3. The average Bonchev–Trinajstić information content (AvgIpc) is 3.19. The Bertz CT molecular complexity index is 1800. The monoisotopic (exact) mass is 847 g/mol. The van der Waals surface area contributed by atoms with E-state index in [9.17, 15) is 19.2 Å². The fraction of sp³-hybridized carbons (Fsp3) is 0.450. The van der Waals surface area contributed by atoms with Gasteiger partial charge < -0.3 is 31.1 Å². The lowest BCUT2D eigenvalue weighted by Crippen LogP contribution is -2.58. The molecule has 0 saturated carbocycles. The standard InChI is InChI=1S/C40H47Br2N7O4/c41-32-22-26(23-33(42)36(32)43)24-34(45-40(53)48-20-14-31(15-21-48)49-35-9-5-4-8-30(35)25-44-39(49)52)38(51)47-18-12-28(13-19-47)27-10-16-46(17-11-27)37(50)29-6-2-1-3-7-29/h1-9,22-23,27-28,31,34H,10-21,24-25,43H2,(H,44,52)(H,45,53)/t34-/m1/s1. The molecule has 7 rings (SSSR count). The van der Waals surface area contributed by atoms with Crippen molar-refractivity contribution in [1.29, 1.82) is 0 Å². The van der Waals surface area contributed by atoms with Gasteiger partial charge in [0.25, 0.3) is 5.91 Å². The topological polar surface area (TPSA) is 131 Å². The molecular formula is C40H47Br2N7O4. The molecule has 0 radical (unpaired) electrons. The number of likely N-dealkylation sites (tertiary alicyclic amines) is 3. The Balaban J connectivity index is 0.967. The molecule has 3 saturated heterocycles. The van der Waals surface area contributed by atoms with Crippen molar-refractivity contribution in [1.82, 2.24) is 25.3 Å².